The second kappa shape index (κ2) is 4.44. The maximum Gasteiger partial charge on any atom is 0.258 e. The van der Waals surface area contributed by atoms with Crippen molar-refractivity contribution in [1.29, 1.82) is 0 Å². The van der Waals surface area contributed by atoms with Gasteiger partial charge in [-0.2, -0.15) is 16.3 Å². The van der Waals surface area contributed by atoms with Crippen molar-refractivity contribution in [2.45, 2.75) is 0 Å². The minimum atomic E-state index is 0.429. The minimum absolute atomic E-state index is 0.429. The van der Waals surface area contributed by atoms with Gasteiger partial charge in [0.15, 0.2) is 0 Å². The minimum Gasteiger partial charge on any atom is -0.398 e. The van der Waals surface area contributed by atoms with Gasteiger partial charge in [-0.15, -0.1) is 0 Å². The van der Waals surface area contributed by atoms with Crippen LogP contribution >= 0.6 is 22.9 Å². The Balaban J connectivity index is 2.00. The van der Waals surface area contributed by atoms with Gasteiger partial charge >= 0.3 is 0 Å². The summed E-state index contributed by atoms with van der Waals surface area (Å²) in [5.41, 5.74) is 7.87. The van der Waals surface area contributed by atoms with Crippen LogP contribution in [0.1, 0.15) is 0 Å². The van der Waals surface area contributed by atoms with E-state index in [2.05, 4.69) is 10.1 Å². The lowest BCUT2D eigenvalue weighted by Gasteiger charge is -1.98. The molecule has 0 fully saturated rings. The molecule has 0 spiro atoms. The van der Waals surface area contributed by atoms with E-state index in [0.29, 0.717) is 22.4 Å². The molecule has 0 amide bonds. The average Bonchev–Trinajstić information content (AvgIpc) is 3.01. The topological polar surface area (TPSA) is 64.9 Å². The molecule has 0 aliphatic carbocycles. The van der Waals surface area contributed by atoms with Crippen LogP contribution < -0.4 is 5.73 Å². The number of benzene rings is 1. The van der Waals surface area contributed by atoms with Crippen molar-refractivity contribution in [3.8, 4) is 22.8 Å². The van der Waals surface area contributed by atoms with Crippen molar-refractivity contribution in [2.75, 3.05) is 5.73 Å². The van der Waals surface area contributed by atoms with Gasteiger partial charge in [-0.1, -0.05) is 16.8 Å². The predicted molar refractivity (Wildman–Crippen MR) is 72.5 cm³/mol. The van der Waals surface area contributed by atoms with E-state index in [1.54, 1.807) is 29.5 Å². The molecule has 6 heteroatoms. The van der Waals surface area contributed by atoms with Gasteiger partial charge in [-0.05, 0) is 29.6 Å². The van der Waals surface area contributed by atoms with Gasteiger partial charge in [0.05, 0.1) is 10.7 Å². The van der Waals surface area contributed by atoms with Crippen molar-refractivity contribution in [2.24, 2.45) is 0 Å². The highest BCUT2D eigenvalue weighted by atomic mass is 35.5. The van der Waals surface area contributed by atoms with E-state index >= 15 is 0 Å². The van der Waals surface area contributed by atoms with Crippen molar-refractivity contribution in [1.82, 2.24) is 10.1 Å². The molecule has 2 N–H and O–H groups in total. The summed E-state index contributed by atoms with van der Waals surface area (Å²) >= 11 is 7.54. The number of hydrogen-bond donors (Lipinski definition) is 1. The standard InChI is InChI=1S/C12H8ClN3OS/c13-9-5-7(1-2-10(9)14)12-15-11(16-17-12)8-3-4-18-6-8/h1-6H,14H2. The van der Waals surface area contributed by atoms with E-state index < -0.39 is 0 Å². The third-order valence-corrected chi connectivity index (χ3v) is 3.46. The number of nitrogens with zero attached hydrogens (tertiary/aromatic N) is 2. The Hall–Kier alpha value is -1.85. The molecule has 0 saturated carbocycles. The number of nitrogen functional groups attached to an aromatic ring is 1. The van der Waals surface area contributed by atoms with Crippen LogP contribution in [0, 0.1) is 0 Å². The summed E-state index contributed by atoms with van der Waals surface area (Å²) < 4.78 is 5.21. The molecule has 3 rings (SSSR count). The Morgan fingerprint density at radius 2 is 2.11 bits per heavy atom. The smallest absolute Gasteiger partial charge is 0.258 e. The first-order valence-corrected chi connectivity index (χ1v) is 6.48. The fraction of sp³-hybridized carbons (Fsp3) is 0. The van der Waals surface area contributed by atoms with Crippen LogP contribution in [0.2, 0.25) is 5.02 Å². The van der Waals surface area contributed by atoms with Gasteiger partial charge in [0.25, 0.3) is 5.89 Å². The van der Waals surface area contributed by atoms with Crippen LogP contribution in [0.3, 0.4) is 0 Å². The number of hydrogen-bond acceptors (Lipinski definition) is 5. The number of anilines is 1. The van der Waals surface area contributed by atoms with Crippen molar-refractivity contribution < 1.29 is 4.52 Å². The van der Waals surface area contributed by atoms with E-state index in [0.717, 1.165) is 11.1 Å². The van der Waals surface area contributed by atoms with Crippen LogP contribution in [0.15, 0.2) is 39.5 Å². The summed E-state index contributed by atoms with van der Waals surface area (Å²) in [6.45, 7) is 0. The first-order valence-electron chi connectivity index (χ1n) is 5.16. The lowest BCUT2D eigenvalue weighted by Crippen LogP contribution is -1.86. The van der Waals surface area contributed by atoms with E-state index in [1.165, 1.54) is 0 Å². The quantitative estimate of drug-likeness (QED) is 0.725. The van der Waals surface area contributed by atoms with Gasteiger partial charge < -0.3 is 10.3 Å². The molecule has 0 unspecified atom stereocenters. The van der Waals surface area contributed by atoms with Crippen molar-refractivity contribution in [3.05, 3.63) is 40.0 Å². The lowest BCUT2D eigenvalue weighted by molar-refractivity contribution is 0.432. The molecule has 2 heterocycles. The number of aromatic nitrogens is 2. The van der Waals surface area contributed by atoms with Crippen LogP contribution in [0.4, 0.5) is 5.69 Å². The molecule has 18 heavy (non-hydrogen) atoms. The second-order valence-corrected chi connectivity index (χ2v) is 4.86. The Morgan fingerprint density at radius 1 is 1.22 bits per heavy atom. The maximum atomic E-state index is 5.96. The number of rotatable bonds is 2. The zero-order chi connectivity index (χ0) is 12.5. The molecule has 0 aliphatic rings. The fourth-order valence-electron chi connectivity index (χ4n) is 1.51. The van der Waals surface area contributed by atoms with Crippen LogP contribution in [-0.2, 0) is 0 Å². The molecule has 90 valence electrons. The Bertz CT molecular complexity index is 678. The molecule has 0 saturated heterocycles. The molecular formula is C12H8ClN3OS. The summed E-state index contributed by atoms with van der Waals surface area (Å²) in [4.78, 5) is 4.32. The molecule has 0 atom stereocenters. The molecule has 0 radical (unpaired) electrons. The molecule has 0 aliphatic heterocycles. The molecule has 2 aromatic heterocycles. The number of thiophene rings is 1. The van der Waals surface area contributed by atoms with E-state index in [1.807, 2.05) is 16.8 Å². The number of halogens is 1. The Labute approximate surface area is 112 Å². The third-order valence-electron chi connectivity index (χ3n) is 2.45. The summed E-state index contributed by atoms with van der Waals surface area (Å²) in [5.74, 6) is 0.997. The van der Waals surface area contributed by atoms with E-state index in [4.69, 9.17) is 21.9 Å². The van der Waals surface area contributed by atoms with Crippen molar-refractivity contribution >= 4 is 28.6 Å². The molecular weight excluding hydrogens is 270 g/mol. The predicted octanol–water partition coefficient (Wildman–Crippen LogP) is 3.70. The first kappa shape index (κ1) is 11.3. The van der Waals surface area contributed by atoms with Gasteiger partial charge in [0, 0.05) is 16.5 Å². The largest absolute Gasteiger partial charge is 0.398 e. The maximum absolute atomic E-state index is 5.96. The van der Waals surface area contributed by atoms with E-state index in [9.17, 15) is 0 Å². The highest BCUT2D eigenvalue weighted by molar-refractivity contribution is 7.08. The monoisotopic (exact) mass is 277 g/mol. The SMILES string of the molecule is Nc1ccc(-c2nc(-c3ccsc3)no2)cc1Cl. The fourth-order valence-corrected chi connectivity index (χ4v) is 2.32. The zero-order valence-electron chi connectivity index (χ0n) is 9.13. The van der Waals surface area contributed by atoms with Gasteiger partial charge in [0.2, 0.25) is 5.82 Å². The van der Waals surface area contributed by atoms with Gasteiger partial charge in [0.1, 0.15) is 0 Å². The van der Waals surface area contributed by atoms with Crippen LogP contribution in [-0.4, -0.2) is 10.1 Å². The van der Waals surface area contributed by atoms with Gasteiger partial charge in [-0.3, -0.25) is 0 Å². The van der Waals surface area contributed by atoms with E-state index in [-0.39, 0.29) is 0 Å². The summed E-state index contributed by atoms with van der Waals surface area (Å²) in [6.07, 6.45) is 0. The highest BCUT2D eigenvalue weighted by Gasteiger charge is 2.11. The second-order valence-electron chi connectivity index (χ2n) is 3.67. The van der Waals surface area contributed by atoms with Crippen LogP contribution in [0.5, 0.6) is 0 Å². The summed E-state index contributed by atoms with van der Waals surface area (Å²) in [5, 5.41) is 8.33. The molecule has 0 bridgehead atoms. The average molecular weight is 278 g/mol. The first-order chi connectivity index (χ1) is 8.74. The summed E-state index contributed by atoms with van der Waals surface area (Å²) in [6, 6.07) is 7.16. The van der Waals surface area contributed by atoms with Crippen molar-refractivity contribution in [3.63, 3.8) is 0 Å². The molecule has 3 aromatic rings. The number of nitrogens with two attached hydrogens (primary N) is 1. The molecule has 1 aromatic carbocycles. The lowest BCUT2D eigenvalue weighted by atomic mass is 10.2. The van der Waals surface area contributed by atoms with Gasteiger partial charge in [-0.25, -0.2) is 0 Å². The Kier molecular flexibility index (Phi) is 2.77. The normalized spacial score (nSPS) is 10.7. The zero-order valence-corrected chi connectivity index (χ0v) is 10.7. The Morgan fingerprint density at radius 3 is 2.83 bits per heavy atom. The summed E-state index contributed by atoms with van der Waals surface area (Å²) in [7, 11) is 0. The third kappa shape index (κ3) is 1.98. The van der Waals surface area contributed by atoms with Crippen LogP contribution in [0.25, 0.3) is 22.8 Å². The molecule has 4 nitrogen and oxygen atoms in total. The highest BCUT2D eigenvalue weighted by Crippen LogP contribution is 2.27.